The van der Waals surface area contributed by atoms with E-state index < -0.39 is 0 Å². The highest BCUT2D eigenvalue weighted by Gasteiger charge is 2.18. The van der Waals surface area contributed by atoms with Gasteiger partial charge in [0.2, 0.25) is 0 Å². The van der Waals surface area contributed by atoms with Crippen molar-refractivity contribution in [2.45, 2.75) is 12.3 Å². The van der Waals surface area contributed by atoms with Gasteiger partial charge in [0, 0.05) is 24.7 Å². The number of aromatic amines is 1. The Morgan fingerprint density at radius 1 is 1.04 bits per heavy atom. The molecule has 1 heterocycles. The zero-order valence-electron chi connectivity index (χ0n) is 12.8. The highest BCUT2D eigenvalue weighted by molar-refractivity contribution is 5.88. The molecule has 1 atom stereocenters. The molecule has 4 nitrogen and oxygen atoms in total. The molecular formula is C19H19N3O. The monoisotopic (exact) mass is 305 g/mol. The van der Waals surface area contributed by atoms with Gasteiger partial charge in [0.15, 0.2) is 0 Å². The van der Waals surface area contributed by atoms with Crippen LogP contribution in [0, 0.1) is 0 Å². The second-order valence-corrected chi connectivity index (χ2v) is 5.53. The normalized spacial score (nSPS) is 12.0. The number of H-pyrrole nitrogens is 1. The van der Waals surface area contributed by atoms with E-state index in [1.165, 1.54) is 0 Å². The lowest BCUT2D eigenvalue weighted by Gasteiger charge is -2.14. The fourth-order valence-electron chi connectivity index (χ4n) is 2.69. The summed E-state index contributed by atoms with van der Waals surface area (Å²) < 4.78 is 0. The highest BCUT2D eigenvalue weighted by Crippen LogP contribution is 2.21. The van der Waals surface area contributed by atoms with E-state index in [4.69, 9.17) is 5.73 Å². The van der Waals surface area contributed by atoms with Crippen LogP contribution >= 0.6 is 0 Å². The first-order valence-electron chi connectivity index (χ1n) is 7.63. The molecule has 0 amide bonds. The number of nitrogens with zero attached hydrogens (tertiary/aromatic N) is 1. The van der Waals surface area contributed by atoms with Crippen LogP contribution in [-0.2, 0) is 11.2 Å². The molecular weight excluding hydrogens is 286 g/mol. The number of nitrogens with one attached hydrogen (secondary N) is 1. The van der Waals surface area contributed by atoms with E-state index in [1.807, 2.05) is 60.8 Å². The highest BCUT2D eigenvalue weighted by atomic mass is 16.1. The lowest BCUT2D eigenvalue weighted by Crippen LogP contribution is -2.23. The number of aromatic nitrogens is 2. The Balaban J connectivity index is 1.72. The minimum absolute atomic E-state index is 0.148. The third-order valence-corrected chi connectivity index (χ3v) is 3.99. The van der Waals surface area contributed by atoms with Crippen molar-refractivity contribution in [2.75, 3.05) is 6.54 Å². The van der Waals surface area contributed by atoms with Crippen LogP contribution < -0.4 is 5.73 Å². The summed E-state index contributed by atoms with van der Waals surface area (Å²) in [5.74, 6) is -0.0977. The summed E-state index contributed by atoms with van der Waals surface area (Å²) in [6, 6.07) is 17.7. The van der Waals surface area contributed by atoms with Crippen LogP contribution in [0.5, 0.6) is 0 Å². The second-order valence-electron chi connectivity index (χ2n) is 5.53. The first kappa shape index (κ1) is 15.2. The first-order valence-corrected chi connectivity index (χ1v) is 7.63. The van der Waals surface area contributed by atoms with Crippen molar-refractivity contribution in [1.29, 1.82) is 0 Å². The Bertz CT molecular complexity index is 749. The topological polar surface area (TPSA) is 71.8 Å². The third-order valence-electron chi connectivity index (χ3n) is 3.99. The van der Waals surface area contributed by atoms with Gasteiger partial charge in [0.1, 0.15) is 5.78 Å². The van der Waals surface area contributed by atoms with E-state index in [1.54, 1.807) is 6.20 Å². The molecule has 0 saturated heterocycles. The molecule has 0 aliphatic rings. The van der Waals surface area contributed by atoms with Gasteiger partial charge < -0.3 is 5.73 Å². The molecule has 0 fully saturated rings. The zero-order chi connectivity index (χ0) is 16.1. The molecule has 0 spiro atoms. The van der Waals surface area contributed by atoms with Crippen molar-refractivity contribution >= 4 is 5.78 Å². The smallest absolute Gasteiger partial charge is 0.145 e. The van der Waals surface area contributed by atoms with Gasteiger partial charge in [0.05, 0.1) is 12.1 Å². The summed E-state index contributed by atoms with van der Waals surface area (Å²) >= 11 is 0. The maximum Gasteiger partial charge on any atom is 0.145 e. The van der Waals surface area contributed by atoms with Crippen molar-refractivity contribution < 1.29 is 4.79 Å². The average Bonchev–Trinajstić information content (AvgIpc) is 3.12. The predicted molar refractivity (Wildman–Crippen MR) is 91.0 cm³/mol. The number of hydrogen-bond acceptors (Lipinski definition) is 3. The molecule has 2 aromatic carbocycles. The van der Waals surface area contributed by atoms with Crippen LogP contribution in [0.1, 0.15) is 17.0 Å². The van der Waals surface area contributed by atoms with E-state index >= 15 is 0 Å². The van der Waals surface area contributed by atoms with Crippen molar-refractivity contribution in [2.24, 2.45) is 5.73 Å². The minimum atomic E-state index is -0.246. The lowest BCUT2D eigenvalue weighted by atomic mass is 9.91. The minimum Gasteiger partial charge on any atom is -0.329 e. The summed E-state index contributed by atoms with van der Waals surface area (Å²) in [7, 11) is 0. The van der Waals surface area contributed by atoms with Gasteiger partial charge >= 0.3 is 0 Å². The molecule has 0 saturated carbocycles. The van der Waals surface area contributed by atoms with E-state index in [-0.39, 0.29) is 11.7 Å². The molecule has 23 heavy (non-hydrogen) atoms. The van der Waals surface area contributed by atoms with Gasteiger partial charge in [-0.3, -0.25) is 9.89 Å². The molecule has 3 N–H and O–H groups in total. The molecule has 116 valence electrons. The second kappa shape index (κ2) is 7.03. The Morgan fingerprint density at radius 3 is 2.39 bits per heavy atom. The number of carbonyl (C=O) groups is 1. The fraction of sp³-hybridized carbons (Fsp3) is 0.158. The summed E-state index contributed by atoms with van der Waals surface area (Å²) in [6.45, 7) is 0.329. The maximum atomic E-state index is 12.6. The molecule has 3 aromatic rings. The Kier molecular flexibility index (Phi) is 4.64. The van der Waals surface area contributed by atoms with Crippen molar-refractivity contribution in [3.63, 3.8) is 0 Å². The predicted octanol–water partition coefficient (Wildman–Crippen LogP) is 2.93. The molecule has 0 unspecified atom stereocenters. The number of ketones is 1. The molecule has 1 aromatic heterocycles. The quantitative estimate of drug-likeness (QED) is 0.735. The summed E-state index contributed by atoms with van der Waals surface area (Å²) in [4.78, 5) is 12.6. The Morgan fingerprint density at radius 2 is 1.78 bits per heavy atom. The molecule has 3 rings (SSSR count). The molecule has 0 aliphatic carbocycles. The van der Waals surface area contributed by atoms with Gasteiger partial charge in [-0.25, -0.2) is 0 Å². The van der Waals surface area contributed by atoms with E-state index in [9.17, 15) is 4.79 Å². The molecule has 0 bridgehead atoms. The molecule has 0 radical (unpaired) electrons. The van der Waals surface area contributed by atoms with Crippen molar-refractivity contribution in [3.8, 4) is 11.1 Å². The van der Waals surface area contributed by atoms with Crippen LogP contribution in [0.15, 0.2) is 67.0 Å². The molecule has 4 heteroatoms. The van der Waals surface area contributed by atoms with Gasteiger partial charge in [-0.05, 0) is 16.7 Å². The summed E-state index contributed by atoms with van der Waals surface area (Å²) in [5, 5.41) is 6.74. The van der Waals surface area contributed by atoms with Gasteiger partial charge in [0.25, 0.3) is 0 Å². The first-order chi connectivity index (χ1) is 11.3. The Labute approximate surface area is 135 Å². The van der Waals surface area contributed by atoms with E-state index in [0.717, 1.165) is 22.3 Å². The van der Waals surface area contributed by atoms with E-state index in [2.05, 4.69) is 10.2 Å². The maximum absolute atomic E-state index is 12.6. The summed E-state index contributed by atoms with van der Waals surface area (Å²) in [6.07, 6.45) is 4.02. The van der Waals surface area contributed by atoms with Crippen LogP contribution in [-0.4, -0.2) is 22.5 Å². The standard InChI is InChI=1S/C19H19N3O/c20-11-18(16-4-2-1-3-5-16)19(23)10-14-6-8-15(9-7-14)17-12-21-22-13-17/h1-9,12-13,18H,10-11,20H2,(H,21,22)/t18-/m0/s1. The average molecular weight is 305 g/mol. The number of benzene rings is 2. The van der Waals surface area contributed by atoms with Crippen LogP contribution in [0.3, 0.4) is 0 Å². The van der Waals surface area contributed by atoms with Crippen molar-refractivity contribution in [1.82, 2.24) is 10.2 Å². The van der Waals surface area contributed by atoms with Gasteiger partial charge in [-0.1, -0.05) is 54.6 Å². The van der Waals surface area contributed by atoms with Crippen LogP contribution in [0.4, 0.5) is 0 Å². The lowest BCUT2D eigenvalue weighted by molar-refractivity contribution is -0.119. The largest absolute Gasteiger partial charge is 0.329 e. The zero-order valence-corrected chi connectivity index (χ0v) is 12.8. The number of carbonyl (C=O) groups excluding carboxylic acids is 1. The third kappa shape index (κ3) is 3.55. The van der Waals surface area contributed by atoms with Gasteiger partial charge in [-0.15, -0.1) is 0 Å². The van der Waals surface area contributed by atoms with Gasteiger partial charge in [-0.2, -0.15) is 5.10 Å². The molecule has 0 aliphatic heterocycles. The number of Topliss-reactive ketones (excluding diaryl/α,β-unsaturated/α-hetero) is 1. The fourth-order valence-corrected chi connectivity index (χ4v) is 2.69. The number of rotatable bonds is 6. The Hall–Kier alpha value is -2.72. The van der Waals surface area contributed by atoms with Crippen molar-refractivity contribution in [3.05, 3.63) is 78.1 Å². The van der Waals surface area contributed by atoms with E-state index in [0.29, 0.717) is 13.0 Å². The van der Waals surface area contributed by atoms with Crippen LogP contribution in [0.2, 0.25) is 0 Å². The summed E-state index contributed by atoms with van der Waals surface area (Å²) in [5.41, 5.74) is 9.91. The SMILES string of the molecule is NC[C@H](C(=O)Cc1ccc(-c2cn[nH]c2)cc1)c1ccccc1. The number of nitrogens with two attached hydrogens (primary N) is 1. The number of hydrogen-bond donors (Lipinski definition) is 2. The van der Waals surface area contributed by atoms with Crippen LogP contribution in [0.25, 0.3) is 11.1 Å².